The van der Waals surface area contributed by atoms with Crippen LogP contribution >= 0.6 is 24.0 Å². The smallest absolute Gasteiger partial charge is 0.227 e. The molecule has 1 aromatic rings. The Labute approximate surface area is 180 Å². The van der Waals surface area contributed by atoms with Crippen molar-refractivity contribution in [1.82, 2.24) is 10.2 Å². The summed E-state index contributed by atoms with van der Waals surface area (Å²) in [6, 6.07) is 8.13. The number of nitrogens with one attached hydrogen (secondary N) is 2. The molecule has 0 radical (unpaired) electrons. The molecular formula is C21H33IN4O. The van der Waals surface area contributed by atoms with Crippen molar-refractivity contribution in [3.05, 3.63) is 29.8 Å². The Morgan fingerprint density at radius 3 is 2.70 bits per heavy atom. The van der Waals surface area contributed by atoms with Gasteiger partial charge in [-0.3, -0.25) is 9.79 Å². The predicted octanol–water partition coefficient (Wildman–Crippen LogP) is 4.24. The SMILES string of the molecule is CN=C(NCc1cccc(NC(=O)C2CCCC2)c1)N1CCCC(C)C1.I. The highest BCUT2D eigenvalue weighted by atomic mass is 127. The Balaban J connectivity index is 0.00000261. The van der Waals surface area contributed by atoms with Crippen LogP contribution in [-0.4, -0.2) is 36.9 Å². The molecule has 3 rings (SSSR count). The minimum Gasteiger partial charge on any atom is -0.352 e. The summed E-state index contributed by atoms with van der Waals surface area (Å²) in [4.78, 5) is 19.1. The Kier molecular flexibility index (Phi) is 8.86. The molecule has 0 aromatic heterocycles. The third-order valence-corrected chi connectivity index (χ3v) is 5.54. The Hall–Kier alpha value is -1.31. The highest BCUT2D eigenvalue weighted by Crippen LogP contribution is 2.26. The molecule has 27 heavy (non-hydrogen) atoms. The van der Waals surface area contributed by atoms with E-state index in [0.717, 1.165) is 49.1 Å². The second kappa shape index (κ2) is 10.9. The lowest BCUT2D eigenvalue weighted by atomic mass is 10.0. The molecule has 150 valence electrons. The van der Waals surface area contributed by atoms with Gasteiger partial charge in [0.15, 0.2) is 5.96 Å². The average Bonchev–Trinajstić information content (AvgIpc) is 3.17. The number of hydrogen-bond donors (Lipinski definition) is 2. The summed E-state index contributed by atoms with van der Waals surface area (Å²) < 4.78 is 0. The number of amides is 1. The number of halogens is 1. The summed E-state index contributed by atoms with van der Waals surface area (Å²) >= 11 is 0. The van der Waals surface area contributed by atoms with Crippen LogP contribution in [-0.2, 0) is 11.3 Å². The molecule has 1 amide bonds. The lowest BCUT2D eigenvalue weighted by Crippen LogP contribution is -2.45. The fourth-order valence-electron chi connectivity index (χ4n) is 4.09. The van der Waals surface area contributed by atoms with Crippen molar-refractivity contribution in [3.8, 4) is 0 Å². The van der Waals surface area contributed by atoms with Crippen molar-refractivity contribution in [2.75, 3.05) is 25.5 Å². The molecule has 0 spiro atoms. The van der Waals surface area contributed by atoms with E-state index in [1.54, 1.807) is 0 Å². The molecule has 1 aliphatic heterocycles. The zero-order chi connectivity index (χ0) is 18.4. The van der Waals surface area contributed by atoms with Gasteiger partial charge in [-0.25, -0.2) is 0 Å². The van der Waals surface area contributed by atoms with Crippen LogP contribution in [0.25, 0.3) is 0 Å². The number of likely N-dealkylation sites (tertiary alicyclic amines) is 1. The van der Waals surface area contributed by atoms with Gasteiger partial charge in [0.05, 0.1) is 0 Å². The lowest BCUT2D eigenvalue weighted by Gasteiger charge is -2.33. The molecule has 1 atom stereocenters. The Morgan fingerprint density at radius 2 is 2.00 bits per heavy atom. The van der Waals surface area contributed by atoms with Crippen molar-refractivity contribution < 1.29 is 4.79 Å². The molecule has 1 aliphatic carbocycles. The van der Waals surface area contributed by atoms with Crippen molar-refractivity contribution in [3.63, 3.8) is 0 Å². The summed E-state index contributed by atoms with van der Waals surface area (Å²) in [5.41, 5.74) is 2.04. The number of aliphatic imine (C=N–C) groups is 1. The van der Waals surface area contributed by atoms with E-state index >= 15 is 0 Å². The van der Waals surface area contributed by atoms with Gasteiger partial charge in [-0.1, -0.05) is 31.9 Å². The van der Waals surface area contributed by atoms with E-state index in [-0.39, 0.29) is 35.8 Å². The second-order valence-corrected chi connectivity index (χ2v) is 7.77. The summed E-state index contributed by atoms with van der Waals surface area (Å²) in [5.74, 6) is 2.05. The number of nitrogens with zero attached hydrogens (tertiary/aromatic N) is 2. The number of carbonyl (C=O) groups excluding carboxylic acids is 1. The Bertz CT molecular complexity index is 643. The van der Waals surface area contributed by atoms with Gasteiger partial charge in [-0.15, -0.1) is 24.0 Å². The standard InChI is InChI=1S/C21H32N4O.HI/c1-16-7-6-12-25(15-16)21(22-2)23-14-17-8-5-11-19(13-17)24-20(26)18-9-3-4-10-18;/h5,8,11,13,16,18H,3-4,6-7,9-10,12,14-15H2,1-2H3,(H,22,23)(H,24,26);1H. The maximum absolute atomic E-state index is 12.3. The van der Waals surface area contributed by atoms with Crippen LogP contribution in [0.15, 0.2) is 29.3 Å². The second-order valence-electron chi connectivity index (χ2n) is 7.77. The maximum atomic E-state index is 12.3. The lowest BCUT2D eigenvalue weighted by molar-refractivity contribution is -0.119. The number of rotatable bonds is 4. The van der Waals surface area contributed by atoms with Crippen LogP contribution in [0.4, 0.5) is 5.69 Å². The summed E-state index contributed by atoms with van der Waals surface area (Å²) in [6.07, 6.45) is 6.93. The van der Waals surface area contributed by atoms with Gasteiger partial charge < -0.3 is 15.5 Å². The predicted molar refractivity (Wildman–Crippen MR) is 123 cm³/mol. The summed E-state index contributed by atoms with van der Waals surface area (Å²) in [7, 11) is 1.85. The molecule has 1 heterocycles. The molecule has 2 fully saturated rings. The number of hydrogen-bond acceptors (Lipinski definition) is 2. The number of piperidine rings is 1. The summed E-state index contributed by atoms with van der Waals surface area (Å²) in [5, 5.41) is 6.56. The van der Waals surface area contributed by atoms with Crippen LogP contribution in [0.5, 0.6) is 0 Å². The molecule has 0 bridgehead atoms. The van der Waals surface area contributed by atoms with Gasteiger partial charge in [0.1, 0.15) is 0 Å². The minimum absolute atomic E-state index is 0. The fourth-order valence-corrected chi connectivity index (χ4v) is 4.09. The van der Waals surface area contributed by atoms with Crippen molar-refractivity contribution in [2.24, 2.45) is 16.8 Å². The zero-order valence-electron chi connectivity index (χ0n) is 16.5. The molecule has 2 aliphatic rings. The number of anilines is 1. The fraction of sp³-hybridized carbons (Fsp3) is 0.619. The number of carbonyl (C=O) groups is 1. The maximum Gasteiger partial charge on any atom is 0.227 e. The van der Waals surface area contributed by atoms with Crippen molar-refractivity contribution >= 4 is 41.5 Å². The van der Waals surface area contributed by atoms with Gasteiger partial charge in [0, 0.05) is 38.3 Å². The number of guanidine groups is 1. The van der Waals surface area contributed by atoms with Gasteiger partial charge in [0.2, 0.25) is 5.91 Å². The third-order valence-electron chi connectivity index (χ3n) is 5.54. The van der Waals surface area contributed by atoms with Crippen LogP contribution in [0.2, 0.25) is 0 Å². The first kappa shape index (κ1) is 22.0. The third kappa shape index (κ3) is 6.36. The first-order valence-corrected chi connectivity index (χ1v) is 10.0. The normalized spacial score (nSPS) is 20.9. The molecule has 6 heteroatoms. The van der Waals surface area contributed by atoms with E-state index in [0.29, 0.717) is 6.54 Å². The molecule has 5 nitrogen and oxygen atoms in total. The first-order valence-electron chi connectivity index (χ1n) is 10.0. The van der Waals surface area contributed by atoms with E-state index in [4.69, 9.17) is 0 Å². The van der Waals surface area contributed by atoms with E-state index < -0.39 is 0 Å². The first-order chi connectivity index (χ1) is 12.7. The van der Waals surface area contributed by atoms with Gasteiger partial charge in [0.25, 0.3) is 0 Å². The topological polar surface area (TPSA) is 56.7 Å². The van der Waals surface area contributed by atoms with Crippen LogP contribution in [0, 0.1) is 11.8 Å². The van der Waals surface area contributed by atoms with Crippen molar-refractivity contribution in [2.45, 2.75) is 52.0 Å². The highest BCUT2D eigenvalue weighted by molar-refractivity contribution is 14.0. The largest absolute Gasteiger partial charge is 0.352 e. The van der Waals surface area contributed by atoms with Crippen LogP contribution < -0.4 is 10.6 Å². The highest BCUT2D eigenvalue weighted by Gasteiger charge is 2.22. The molecular weight excluding hydrogens is 451 g/mol. The molecule has 1 unspecified atom stereocenters. The van der Waals surface area contributed by atoms with Gasteiger partial charge in [-0.05, 0) is 49.3 Å². The van der Waals surface area contributed by atoms with E-state index in [1.165, 1.54) is 25.7 Å². The molecule has 2 N–H and O–H groups in total. The van der Waals surface area contributed by atoms with Gasteiger partial charge >= 0.3 is 0 Å². The molecule has 1 saturated heterocycles. The zero-order valence-corrected chi connectivity index (χ0v) is 18.9. The van der Waals surface area contributed by atoms with Crippen LogP contribution in [0.1, 0.15) is 51.0 Å². The van der Waals surface area contributed by atoms with Crippen LogP contribution in [0.3, 0.4) is 0 Å². The minimum atomic E-state index is 0. The average molecular weight is 484 g/mol. The van der Waals surface area contributed by atoms with Gasteiger partial charge in [-0.2, -0.15) is 0 Å². The Morgan fingerprint density at radius 1 is 1.22 bits per heavy atom. The van der Waals surface area contributed by atoms with E-state index in [2.05, 4.69) is 39.6 Å². The number of benzene rings is 1. The monoisotopic (exact) mass is 484 g/mol. The van der Waals surface area contributed by atoms with Crippen molar-refractivity contribution in [1.29, 1.82) is 0 Å². The quantitative estimate of drug-likeness (QED) is 0.382. The molecule has 1 saturated carbocycles. The molecule has 1 aromatic carbocycles. The summed E-state index contributed by atoms with van der Waals surface area (Å²) in [6.45, 7) is 5.15. The van der Waals surface area contributed by atoms with E-state index in [9.17, 15) is 4.79 Å². The van der Waals surface area contributed by atoms with E-state index in [1.807, 2.05) is 19.2 Å².